The molecule has 0 radical (unpaired) electrons. The van der Waals surface area contributed by atoms with E-state index in [0.29, 0.717) is 17.2 Å². The molecule has 34 heavy (non-hydrogen) atoms. The van der Waals surface area contributed by atoms with Crippen LogP contribution in [0.4, 0.5) is 5.69 Å². The zero-order chi connectivity index (χ0) is 24.8. The molecule has 2 aromatic rings. The fraction of sp³-hybridized carbons (Fsp3) is 0.333. The van der Waals surface area contributed by atoms with Crippen molar-refractivity contribution in [2.24, 2.45) is 5.92 Å². The molecule has 0 unspecified atom stereocenters. The molecular weight excluding hydrogens is 442 g/mol. The number of hydrogen-bond acceptors (Lipinski definition) is 7. The highest BCUT2D eigenvalue weighted by atomic mass is 16.5. The first kappa shape index (κ1) is 24.6. The Bertz CT molecular complexity index is 1070. The van der Waals surface area contributed by atoms with Gasteiger partial charge < -0.3 is 19.5 Å². The number of nitrogens with zero attached hydrogens (tertiary/aromatic N) is 1. The lowest BCUT2D eigenvalue weighted by Crippen LogP contribution is -2.43. The fourth-order valence-electron chi connectivity index (χ4n) is 3.60. The van der Waals surface area contributed by atoms with Gasteiger partial charge in [-0.25, -0.2) is 0 Å². The quantitative estimate of drug-likeness (QED) is 0.567. The second-order valence-electron chi connectivity index (χ2n) is 7.98. The van der Waals surface area contributed by atoms with Crippen molar-refractivity contribution in [3.63, 3.8) is 0 Å². The Labute approximate surface area is 197 Å². The van der Waals surface area contributed by atoms with Gasteiger partial charge in [-0.2, -0.15) is 0 Å². The lowest BCUT2D eigenvalue weighted by molar-refractivity contribution is -0.151. The molecule has 0 aliphatic carbocycles. The van der Waals surface area contributed by atoms with Crippen molar-refractivity contribution >= 4 is 29.4 Å². The largest absolute Gasteiger partial charge is 0.497 e. The molecule has 1 aliphatic rings. The average molecular weight is 469 g/mol. The van der Waals surface area contributed by atoms with Crippen molar-refractivity contribution in [2.45, 2.75) is 20.3 Å². The molecule has 0 bridgehead atoms. The summed E-state index contributed by atoms with van der Waals surface area (Å²) in [6.45, 7) is 3.28. The van der Waals surface area contributed by atoms with Crippen LogP contribution in [0.15, 0.2) is 36.4 Å². The van der Waals surface area contributed by atoms with Crippen molar-refractivity contribution in [3.8, 4) is 11.5 Å². The summed E-state index contributed by atoms with van der Waals surface area (Å²) >= 11 is 0. The molecule has 10 heteroatoms. The minimum atomic E-state index is -0.804. The van der Waals surface area contributed by atoms with Crippen LogP contribution in [-0.2, 0) is 19.1 Å². The standard InChI is InChI=1S/C24H27N3O7/c1-14-5-15(2)7-18(6-14)25-21(28)13-34-24(31)17-10-22(29)27(12-17)26-23(30)16-8-19(32-3)11-20(9-16)33-4/h5-9,11,17H,10,12-13H2,1-4H3,(H,25,28)(H,26,30)/t17-/m0/s1. The number of hydrazine groups is 1. The summed E-state index contributed by atoms with van der Waals surface area (Å²) < 4.78 is 15.4. The van der Waals surface area contributed by atoms with E-state index in [4.69, 9.17) is 14.2 Å². The third-order valence-corrected chi connectivity index (χ3v) is 5.16. The minimum absolute atomic E-state index is 0.0663. The Kier molecular flexibility index (Phi) is 7.72. The minimum Gasteiger partial charge on any atom is -0.497 e. The first-order valence-electron chi connectivity index (χ1n) is 10.6. The molecule has 180 valence electrons. The highest BCUT2D eigenvalue weighted by Gasteiger charge is 2.36. The van der Waals surface area contributed by atoms with Gasteiger partial charge >= 0.3 is 5.97 Å². The van der Waals surface area contributed by atoms with Crippen LogP contribution < -0.4 is 20.2 Å². The molecular formula is C24H27N3O7. The predicted molar refractivity (Wildman–Crippen MR) is 122 cm³/mol. The molecule has 0 spiro atoms. The van der Waals surface area contributed by atoms with Gasteiger partial charge in [0, 0.05) is 23.7 Å². The van der Waals surface area contributed by atoms with Crippen LogP contribution in [0.1, 0.15) is 27.9 Å². The first-order valence-corrected chi connectivity index (χ1v) is 10.6. The van der Waals surface area contributed by atoms with Crippen LogP contribution in [0.5, 0.6) is 11.5 Å². The number of aryl methyl sites for hydroxylation is 2. The number of rotatable bonds is 8. The number of amides is 3. The SMILES string of the molecule is COc1cc(OC)cc(C(=O)NN2C[C@@H](C(=O)OCC(=O)Nc3cc(C)cc(C)c3)CC2=O)c1. The van der Waals surface area contributed by atoms with Gasteiger partial charge in [-0.1, -0.05) is 6.07 Å². The molecule has 0 saturated carbocycles. The van der Waals surface area contributed by atoms with E-state index in [9.17, 15) is 19.2 Å². The van der Waals surface area contributed by atoms with E-state index < -0.39 is 36.2 Å². The molecule has 3 rings (SSSR count). The van der Waals surface area contributed by atoms with Crippen LogP contribution >= 0.6 is 0 Å². The molecule has 1 heterocycles. The molecule has 2 aromatic carbocycles. The Hall–Kier alpha value is -4.08. The van der Waals surface area contributed by atoms with E-state index >= 15 is 0 Å². The number of anilines is 1. The number of methoxy groups -OCH3 is 2. The maximum atomic E-state index is 12.6. The predicted octanol–water partition coefficient (Wildman–Crippen LogP) is 2.00. The van der Waals surface area contributed by atoms with Crippen LogP contribution in [0, 0.1) is 19.8 Å². The fourth-order valence-corrected chi connectivity index (χ4v) is 3.60. The number of nitrogens with one attached hydrogen (secondary N) is 2. The zero-order valence-electron chi connectivity index (χ0n) is 19.5. The molecule has 2 N–H and O–H groups in total. The van der Waals surface area contributed by atoms with E-state index in [1.807, 2.05) is 19.9 Å². The van der Waals surface area contributed by atoms with E-state index in [2.05, 4.69) is 10.7 Å². The van der Waals surface area contributed by atoms with Gasteiger partial charge in [0.05, 0.1) is 26.7 Å². The second kappa shape index (κ2) is 10.7. The molecule has 1 fully saturated rings. The monoisotopic (exact) mass is 469 g/mol. The number of carbonyl (C=O) groups is 4. The van der Waals surface area contributed by atoms with Gasteiger partial charge in [0.25, 0.3) is 11.8 Å². The Balaban J connectivity index is 1.53. The van der Waals surface area contributed by atoms with Crippen molar-refractivity contribution < 1.29 is 33.4 Å². The summed E-state index contributed by atoms with van der Waals surface area (Å²) in [6.07, 6.45) is -0.140. The van der Waals surface area contributed by atoms with Gasteiger partial charge in [-0.3, -0.25) is 29.6 Å². The Morgan fingerprint density at radius 1 is 0.971 bits per heavy atom. The molecule has 10 nitrogen and oxygen atoms in total. The lowest BCUT2D eigenvalue weighted by atomic mass is 10.1. The number of carbonyl (C=O) groups excluding carboxylic acids is 4. The highest BCUT2D eigenvalue weighted by Crippen LogP contribution is 2.23. The summed E-state index contributed by atoms with van der Waals surface area (Å²) in [5, 5.41) is 3.74. The molecule has 3 amide bonds. The highest BCUT2D eigenvalue weighted by molar-refractivity contribution is 5.97. The number of ether oxygens (including phenoxy) is 3. The topological polar surface area (TPSA) is 123 Å². The number of esters is 1. The Morgan fingerprint density at radius 2 is 1.59 bits per heavy atom. The molecule has 1 atom stereocenters. The van der Waals surface area contributed by atoms with Crippen molar-refractivity contribution in [1.29, 1.82) is 0 Å². The summed E-state index contributed by atoms with van der Waals surface area (Å²) in [6, 6.07) is 10.2. The van der Waals surface area contributed by atoms with Crippen molar-refractivity contribution in [1.82, 2.24) is 10.4 Å². The van der Waals surface area contributed by atoms with Gasteiger partial charge in [0.2, 0.25) is 5.91 Å². The lowest BCUT2D eigenvalue weighted by Gasteiger charge is -2.18. The van der Waals surface area contributed by atoms with E-state index in [0.717, 1.165) is 16.1 Å². The molecule has 0 aromatic heterocycles. The maximum absolute atomic E-state index is 12.6. The smallest absolute Gasteiger partial charge is 0.311 e. The van der Waals surface area contributed by atoms with Crippen LogP contribution in [0.2, 0.25) is 0 Å². The van der Waals surface area contributed by atoms with Crippen LogP contribution in [0.25, 0.3) is 0 Å². The van der Waals surface area contributed by atoms with Crippen molar-refractivity contribution in [3.05, 3.63) is 53.1 Å². The number of hydrogen-bond donors (Lipinski definition) is 2. The van der Waals surface area contributed by atoms with Crippen LogP contribution in [-0.4, -0.2) is 56.1 Å². The molecule has 1 aliphatic heterocycles. The van der Waals surface area contributed by atoms with Crippen LogP contribution in [0.3, 0.4) is 0 Å². The van der Waals surface area contributed by atoms with Crippen molar-refractivity contribution in [2.75, 3.05) is 32.7 Å². The second-order valence-corrected chi connectivity index (χ2v) is 7.98. The maximum Gasteiger partial charge on any atom is 0.311 e. The van der Waals surface area contributed by atoms with E-state index in [1.165, 1.54) is 26.4 Å². The van der Waals surface area contributed by atoms with Gasteiger partial charge in [0.1, 0.15) is 11.5 Å². The third kappa shape index (κ3) is 6.25. The summed E-state index contributed by atoms with van der Waals surface area (Å²) in [7, 11) is 2.91. The third-order valence-electron chi connectivity index (χ3n) is 5.16. The van der Waals surface area contributed by atoms with Gasteiger partial charge in [-0.05, 0) is 49.2 Å². The van der Waals surface area contributed by atoms with Gasteiger partial charge in [-0.15, -0.1) is 0 Å². The summed E-state index contributed by atoms with van der Waals surface area (Å²) in [5.41, 5.74) is 5.30. The molecule has 1 saturated heterocycles. The Morgan fingerprint density at radius 3 is 2.18 bits per heavy atom. The van der Waals surface area contributed by atoms with Gasteiger partial charge in [0.15, 0.2) is 6.61 Å². The summed E-state index contributed by atoms with van der Waals surface area (Å²) in [5.74, 6) is -2.15. The van der Waals surface area contributed by atoms with E-state index in [-0.39, 0.29) is 18.5 Å². The first-order chi connectivity index (χ1) is 16.2. The zero-order valence-corrected chi connectivity index (χ0v) is 19.5. The number of benzene rings is 2. The summed E-state index contributed by atoms with van der Waals surface area (Å²) in [4.78, 5) is 49.5. The normalized spacial score (nSPS) is 15.0. The van der Waals surface area contributed by atoms with E-state index in [1.54, 1.807) is 18.2 Å². The average Bonchev–Trinajstić information content (AvgIpc) is 3.16.